The number of halogens is 1. The van der Waals surface area contributed by atoms with Crippen molar-refractivity contribution in [2.24, 2.45) is 0 Å². The fourth-order valence-corrected chi connectivity index (χ4v) is 2.42. The number of hydrogen-bond donors (Lipinski definition) is 4. The van der Waals surface area contributed by atoms with Gasteiger partial charge >= 0.3 is 0 Å². The van der Waals surface area contributed by atoms with Crippen molar-refractivity contribution in [2.45, 2.75) is 93.9 Å². The highest BCUT2D eigenvalue weighted by Crippen LogP contribution is 2.12. The van der Waals surface area contributed by atoms with Crippen LogP contribution in [0, 0.1) is 47.3 Å². The van der Waals surface area contributed by atoms with Crippen molar-refractivity contribution in [1.82, 2.24) is 0 Å². The first-order valence-electron chi connectivity index (χ1n) is 15.4. The monoisotopic (exact) mass is 664 g/mol. The minimum Gasteiger partial charge on any atom is -0.511 e. The van der Waals surface area contributed by atoms with E-state index in [2.05, 4.69) is 44.9 Å². The molecule has 0 bridgehead atoms. The number of terminal acetylenes is 2. The van der Waals surface area contributed by atoms with Crippen LogP contribution in [-0.2, 0) is 9.59 Å². The molecule has 2 aromatic carbocycles. The average Bonchev–Trinajstić information content (AvgIpc) is 3.07. The number of amides is 1. The van der Waals surface area contributed by atoms with E-state index in [0.717, 1.165) is 5.69 Å². The van der Waals surface area contributed by atoms with Crippen LogP contribution in [0.25, 0.3) is 0 Å². The molecule has 9 heteroatoms. The maximum Gasteiger partial charge on any atom is 0.269 e. The predicted molar refractivity (Wildman–Crippen MR) is 198 cm³/mol. The van der Waals surface area contributed by atoms with Crippen LogP contribution in [-0.4, -0.2) is 21.4 Å². The molecule has 2 rings (SSSR count). The highest BCUT2D eigenvalue weighted by molar-refractivity contribution is 6.68. The molecule has 0 aliphatic heterocycles. The second kappa shape index (κ2) is 40.9. The molecule has 47 heavy (non-hydrogen) atoms. The topological polar surface area (TPSA) is 160 Å². The van der Waals surface area contributed by atoms with E-state index in [9.17, 15) is 14.7 Å². The van der Waals surface area contributed by atoms with Gasteiger partial charge in [-0.1, -0.05) is 105 Å². The Bertz CT molecular complexity index is 1290. The summed E-state index contributed by atoms with van der Waals surface area (Å²) >= 11 is 4.99. The highest BCUT2D eigenvalue weighted by Gasteiger charge is 2.14. The molecule has 0 aromatic heterocycles. The first-order chi connectivity index (χ1) is 22.5. The van der Waals surface area contributed by atoms with Gasteiger partial charge in [-0.05, 0) is 35.9 Å². The number of aliphatic hydroxyl groups is 2. The normalized spacial score (nSPS) is 9.21. The summed E-state index contributed by atoms with van der Waals surface area (Å²) in [6.45, 7) is 16.5. The number of allylic oxidation sites excluding steroid dienone is 3. The molecular weight excluding hydrogens is 612 g/mol. The molecule has 0 atom stereocenters. The molecule has 8 nitrogen and oxygen atoms in total. The van der Waals surface area contributed by atoms with Crippen LogP contribution in [0.3, 0.4) is 0 Å². The zero-order chi connectivity index (χ0) is 37.5. The lowest BCUT2D eigenvalue weighted by molar-refractivity contribution is -0.112. The van der Waals surface area contributed by atoms with E-state index in [1.807, 2.05) is 58.0 Å². The smallest absolute Gasteiger partial charge is 0.269 e. The Morgan fingerprint density at radius 3 is 1.36 bits per heavy atom. The SMILES string of the molecule is C#CCC/C(O)=C(\C#N)C(=O)Cl.C#CCC/C(O)=C(\C#N)C(=O)Nc1ccccc1.CC.CC.CCC.CCC.Nc1ccccc1. The zero-order valence-corrected chi connectivity index (χ0v) is 30.0. The van der Waals surface area contributed by atoms with Crippen molar-refractivity contribution in [3.05, 3.63) is 83.3 Å². The van der Waals surface area contributed by atoms with Crippen LogP contribution < -0.4 is 11.1 Å². The summed E-state index contributed by atoms with van der Waals surface area (Å²) in [7, 11) is 0. The van der Waals surface area contributed by atoms with Crippen molar-refractivity contribution < 1.29 is 19.8 Å². The van der Waals surface area contributed by atoms with Gasteiger partial charge in [-0.15, -0.1) is 24.7 Å². The van der Waals surface area contributed by atoms with Gasteiger partial charge in [0, 0.05) is 37.1 Å². The Hall–Kier alpha value is -5.15. The molecular formula is C38H53ClN4O4. The van der Waals surface area contributed by atoms with Gasteiger partial charge in [-0.25, -0.2) is 0 Å². The van der Waals surface area contributed by atoms with Gasteiger partial charge in [0.05, 0.1) is 0 Å². The van der Waals surface area contributed by atoms with E-state index in [-0.39, 0.29) is 42.8 Å². The summed E-state index contributed by atoms with van der Waals surface area (Å²) in [5.74, 6) is 3.31. The first kappa shape index (κ1) is 51.4. The molecule has 0 aliphatic carbocycles. The molecule has 0 aliphatic rings. The van der Waals surface area contributed by atoms with Gasteiger partial charge < -0.3 is 21.3 Å². The number of nitrogen functional groups attached to an aromatic ring is 1. The lowest BCUT2D eigenvalue weighted by atomic mass is 10.1. The lowest BCUT2D eigenvalue weighted by Crippen LogP contribution is -2.15. The average molecular weight is 665 g/mol. The van der Waals surface area contributed by atoms with Gasteiger partial charge in [0.2, 0.25) is 0 Å². The summed E-state index contributed by atoms with van der Waals surface area (Å²) in [5, 5.41) is 37.4. The molecule has 0 heterocycles. The molecule has 256 valence electrons. The Morgan fingerprint density at radius 2 is 1.09 bits per heavy atom. The van der Waals surface area contributed by atoms with Crippen LogP contribution in [0.5, 0.6) is 0 Å². The fourth-order valence-electron chi connectivity index (χ4n) is 2.27. The summed E-state index contributed by atoms with van der Waals surface area (Å²) in [5.41, 5.74) is 5.99. The fraction of sp³-hybridized carbons (Fsp3) is 0.368. The third kappa shape index (κ3) is 33.6. The van der Waals surface area contributed by atoms with Crippen molar-refractivity contribution in [1.29, 1.82) is 10.5 Å². The number of rotatable bonds is 7. The van der Waals surface area contributed by atoms with Crippen molar-refractivity contribution >= 4 is 34.1 Å². The van der Waals surface area contributed by atoms with Crippen molar-refractivity contribution in [3.8, 4) is 36.8 Å². The number of hydrogen-bond acceptors (Lipinski definition) is 7. The number of nitrogens with one attached hydrogen (secondary N) is 1. The van der Waals surface area contributed by atoms with Crippen LogP contribution in [0.2, 0.25) is 0 Å². The van der Waals surface area contributed by atoms with Crippen molar-refractivity contribution in [3.63, 3.8) is 0 Å². The van der Waals surface area contributed by atoms with Gasteiger partial charge in [0.15, 0.2) is 5.57 Å². The quantitative estimate of drug-likeness (QED) is 0.0572. The van der Waals surface area contributed by atoms with Crippen LogP contribution in [0.4, 0.5) is 11.4 Å². The van der Waals surface area contributed by atoms with Crippen LogP contribution >= 0.6 is 11.6 Å². The minimum atomic E-state index is -0.966. The second-order valence-electron chi connectivity index (χ2n) is 8.19. The highest BCUT2D eigenvalue weighted by atomic mass is 35.5. The van der Waals surface area contributed by atoms with E-state index in [1.165, 1.54) is 18.9 Å². The number of carbonyl (C=O) groups excluding carboxylic acids is 2. The molecule has 0 unspecified atom stereocenters. The second-order valence-corrected chi connectivity index (χ2v) is 8.54. The molecule has 5 N–H and O–H groups in total. The molecule has 0 fully saturated rings. The summed E-state index contributed by atoms with van der Waals surface area (Å²) < 4.78 is 0. The number of carbonyl (C=O) groups is 2. The number of nitrogens with zero attached hydrogens (tertiary/aromatic N) is 2. The van der Waals surface area contributed by atoms with Crippen LogP contribution in [0.1, 0.15) is 93.9 Å². The largest absolute Gasteiger partial charge is 0.511 e. The molecule has 0 radical (unpaired) electrons. The standard InChI is InChI=1S/C14H12N2O2.C8H6ClNO2.C6H7N.2C3H8.2C2H6/c1-2-3-9-13(17)12(10-15)14(18)16-11-7-5-4-6-8-11;1-2-3-4-7(11)6(5-10)8(9)12;7-6-4-2-1-3-5-6;2*1-3-2;2*1-2/h1,4-8,17H,3,9H2,(H,16,18);1,11H,3-4H2;1-5H,7H2;2*3H2,1-2H3;2*1-2H3/b13-12-;7-6-;;;;;. The van der Waals surface area contributed by atoms with Crippen LogP contribution in [0.15, 0.2) is 83.3 Å². The van der Waals surface area contributed by atoms with Gasteiger partial charge in [-0.2, -0.15) is 10.5 Å². The van der Waals surface area contributed by atoms with E-state index in [4.69, 9.17) is 45.8 Å². The van der Waals surface area contributed by atoms with E-state index in [1.54, 1.807) is 36.4 Å². The van der Waals surface area contributed by atoms with Gasteiger partial charge in [0.1, 0.15) is 29.2 Å². The van der Waals surface area contributed by atoms with E-state index in [0.29, 0.717) is 5.69 Å². The summed E-state index contributed by atoms with van der Waals surface area (Å²) in [6, 6.07) is 21.3. The maximum absolute atomic E-state index is 11.7. The predicted octanol–water partition coefficient (Wildman–Crippen LogP) is 10.0. The van der Waals surface area contributed by atoms with E-state index >= 15 is 0 Å². The number of anilines is 2. The number of aliphatic hydroxyl groups excluding tert-OH is 2. The number of benzene rings is 2. The zero-order valence-electron chi connectivity index (χ0n) is 29.2. The molecule has 1 amide bonds. The van der Waals surface area contributed by atoms with Crippen molar-refractivity contribution in [2.75, 3.05) is 11.1 Å². The molecule has 0 spiro atoms. The Morgan fingerprint density at radius 1 is 0.745 bits per heavy atom. The Labute approximate surface area is 289 Å². The molecule has 0 saturated heterocycles. The summed E-state index contributed by atoms with van der Waals surface area (Å²) in [6.07, 6.45) is 13.2. The Kier molecular flexibility index (Phi) is 44.7. The summed E-state index contributed by atoms with van der Waals surface area (Å²) in [4.78, 5) is 22.2. The van der Waals surface area contributed by atoms with Gasteiger partial charge in [-0.3, -0.25) is 9.59 Å². The number of nitriles is 2. The van der Waals surface area contributed by atoms with E-state index < -0.39 is 16.7 Å². The maximum atomic E-state index is 11.7. The lowest BCUT2D eigenvalue weighted by Gasteiger charge is -2.05. The van der Waals surface area contributed by atoms with Gasteiger partial charge in [0.25, 0.3) is 11.1 Å². The molecule has 2 aromatic rings. The first-order valence-corrected chi connectivity index (χ1v) is 15.8. The minimum absolute atomic E-state index is 0.0951. The molecule has 0 saturated carbocycles. The third-order valence-corrected chi connectivity index (χ3v) is 4.26. The number of para-hydroxylation sites is 2. The Balaban J connectivity index is -0.000000174. The number of nitrogens with two attached hydrogens (primary N) is 1. The third-order valence-electron chi connectivity index (χ3n) is 4.07.